The third kappa shape index (κ3) is 3.71. The van der Waals surface area contributed by atoms with Gasteiger partial charge in [-0.1, -0.05) is 12.1 Å². The number of hydrogen-bond donors (Lipinski definition) is 1. The summed E-state index contributed by atoms with van der Waals surface area (Å²) >= 11 is 4.74. The fourth-order valence-electron chi connectivity index (χ4n) is 1.33. The van der Waals surface area contributed by atoms with Gasteiger partial charge >= 0.3 is 49.4 Å². The molecule has 1 heterocycles. The van der Waals surface area contributed by atoms with Crippen molar-refractivity contribution in [1.82, 2.24) is 0 Å². The molecule has 1 aromatic carbocycles. The summed E-state index contributed by atoms with van der Waals surface area (Å²) in [4.78, 5) is 10.9. The number of anilines is 1. The van der Waals surface area contributed by atoms with E-state index in [9.17, 15) is 4.79 Å². The molecule has 0 aliphatic carbocycles. The Kier molecular flexibility index (Phi) is 5.80. The number of carbonyl (C=O) groups is 1. The van der Waals surface area contributed by atoms with E-state index in [1.165, 1.54) is 5.56 Å². The summed E-state index contributed by atoms with van der Waals surface area (Å²) < 4.78 is 0. The van der Waals surface area contributed by atoms with E-state index in [1.807, 2.05) is 25.1 Å². The maximum absolute atomic E-state index is 10.9. The number of halogens is 2. The van der Waals surface area contributed by atoms with Gasteiger partial charge in [-0.05, 0) is 24.1 Å². The summed E-state index contributed by atoms with van der Waals surface area (Å²) in [6, 6.07) is 6.03. The van der Waals surface area contributed by atoms with Gasteiger partial charge < -0.3 is 5.32 Å². The van der Waals surface area contributed by atoms with Crippen LogP contribution in [0.3, 0.4) is 0 Å². The van der Waals surface area contributed by atoms with Crippen LogP contribution in [0.25, 0.3) is 0 Å². The minimum atomic E-state index is 0.102. The van der Waals surface area contributed by atoms with Gasteiger partial charge in [-0.25, -0.2) is 0 Å². The third-order valence-corrected chi connectivity index (χ3v) is 1.89. The first-order valence-corrected chi connectivity index (χ1v) is 13.0. The van der Waals surface area contributed by atoms with Gasteiger partial charge in [0.2, 0.25) is 5.91 Å². The Morgan fingerprint density at radius 2 is 2.07 bits per heavy atom. The van der Waals surface area contributed by atoms with E-state index in [1.54, 1.807) is 0 Å². The first-order chi connectivity index (χ1) is 6.67. The van der Waals surface area contributed by atoms with E-state index in [4.69, 9.17) is 0 Å². The molecule has 5 heteroatoms. The average molecular weight is 452 g/mol. The third-order valence-electron chi connectivity index (χ3n) is 1.89. The van der Waals surface area contributed by atoms with Crippen molar-refractivity contribution in [2.75, 3.05) is 5.32 Å². The second kappa shape index (κ2) is 6.35. The van der Waals surface area contributed by atoms with E-state index in [2.05, 4.69) is 45.3 Å². The number of aryl methyl sites for hydroxylation is 1. The zero-order valence-corrected chi connectivity index (χ0v) is 13.3. The Bertz CT molecular complexity index is 344. The number of fused-ring (bicyclic) bond motifs is 1. The number of carbonyl (C=O) groups excluding carboxylic acids is 1. The number of amides is 1. The molecule has 0 spiro atoms. The van der Waals surface area contributed by atoms with Crippen LogP contribution in [0.5, 0.6) is 0 Å². The Labute approximate surface area is 112 Å². The predicted octanol–water partition coefficient (Wildman–Crippen LogP) is 3.26. The molecule has 2 rings (SSSR count). The van der Waals surface area contributed by atoms with Crippen molar-refractivity contribution in [3.63, 3.8) is 0 Å². The van der Waals surface area contributed by atoms with Gasteiger partial charge in [0.25, 0.3) is 0 Å². The average Bonchev–Trinajstić information content (AvgIpc) is 2.45. The molecule has 0 bridgehead atoms. The summed E-state index contributed by atoms with van der Waals surface area (Å²) in [5, 5.41) is 2.80. The second-order valence-electron chi connectivity index (χ2n) is 2.95. The molecule has 1 aliphatic rings. The Balaban J connectivity index is 0.000000293. The van der Waals surface area contributed by atoms with E-state index in [0.717, 1.165) is 11.3 Å². The van der Waals surface area contributed by atoms with Gasteiger partial charge in [-0.3, -0.25) is 4.79 Å². The van der Waals surface area contributed by atoms with Crippen molar-refractivity contribution < 1.29 is 14.3 Å². The SMILES string of the molecule is Cc1ccc2c(c1)NC(=O)C2.[I][V][I]. The number of rotatable bonds is 0. The molecule has 1 aromatic rings. The molecular weight excluding hydrogens is 443 g/mol. The molecule has 1 N–H and O–H groups in total. The second-order valence-corrected chi connectivity index (χ2v) is 14.7. The van der Waals surface area contributed by atoms with Gasteiger partial charge in [0, 0.05) is 5.69 Å². The summed E-state index contributed by atoms with van der Waals surface area (Å²) in [5.74, 6) is 0.102. The van der Waals surface area contributed by atoms with Crippen LogP contribution in [0.15, 0.2) is 18.2 Å². The quantitative estimate of drug-likeness (QED) is 0.603. The van der Waals surface area contributed by atoms with Crippen LogP contribution >= 0.6 is 40.0 Å². The van der Waals surface area contributed by atoms with Gasteiger partial charge in [0.05, 0.1) is 6.42 Å². The molecule has 0 aromatic heterocycles. The van der Waals surface area contributed by atoms with Crippen LogP contribution in [0.4, 0.5) is 5.69 Å². The van der Waals surface area contributed by atoms with Gasteiger partial charge in [0.1, 0.15) is 0 Å². The monoisotopic (exact) mass is 452 g/mol. The van der Waals surface area contributed by atoms with Crippen LogP contribution in [-0.2, 0) is 20.7 Å². The number of benzene rings is 1. The number of hydrogen-bond acceptors (Lipinski definition) is 1. The molecule has 0 unspecified atom stereocenters. The molecular formula is C9H9I2NOV. The van der Waals surface area contributed by atoms with Crippen molar-refractivity contribution in [3.05, 3.63) is 29.3 Å². The zero-order valence-electron chi connectivity index (χ0n) is 7.55. The molecule has 0 fully saturated rings. The van der Waals surface area contributed by atoms with E-state index >= 15 is 0 Å². The van der Waals surface area contributed by atoms with Crippen LogP contribution in [0.1, 0.15) is 11.1 Å². The van der Waals surface area contributed by atoms with Crippen LogP contribution in [0, 0.1) is 6.92 Å². The van der Waals surface area contributed by atoms with E-state index in [0.29, 0.717) is 15.9 Å². The van der Waals surface area contributed by atoms with Crippen LogP contribution in [0.2, 0.25) is 0 Å². The van der Waals surface area contributed by atoms with Gasteiger partial charge in [-0.2, -0.15) is 0 Å². The van der Waals surface area contributed by atoms with Gasteiger partial charge in [0.15, 0.2) is 0 Å². The Morgan fingerprint density at radius 3 is 2.71 bits per heavy atom. The fraction of sp³-hybridized carbons (Fsp3) is 0.222. The maximum atomic E-state index is 10.9. The standard InChI is InChI=1S/C9H9NO.2HI.V/c1-6-2-3-7-5-9(11)10-8(7)4-6;;;/h2-4H,5H2,1H3,(H,10,11);2*1H;/q;;;+2/p-2. The minimum absolute atomic E-state index is 0.102. The van der Waals surface area contributed by atoms with Crippen LogP contribution in [-0.4, -0.2) is 5.91 Å². The van der Waals surface area contributed by atoms with Gasteiger partial charge in [-0.15, -0.1) is 0 Å². The topological polar surface area (TPSA) is 29.1 Å². The first kappa shape index (κ1) is 12.8. The summed E-state index contributed by atoms with van der Waals surface area (Å²) in [6.07, 6.45) is 0.537. The van der Waals surface area contributed by atoms with Crippen molar-refractivity contribution in [2.24, 2.45) is 0 Å². The van der Waals surface area contributed by atoms with Crippen molar-refractivity contribution in [2.45, 2.75) is 13.3 Å². The Morgan fingerprint density at radius 1 is 1.43 bits per heavy atom. The number of nitrogens with one attached hydrogen (secondary N) is 1. The molecule has 0 saturated carbocycles. The van der Waals surface area contributed by atoms with Crippen molar-refractivity contribution in [3.8, 4) is 0 Å². The van der Waals surface area contributed by atoms with Crippen LogP contribution < -0.4 is 5.32 Å². The van der Waals surface area contributed by atoms with E-state index < -0.39 is 0 Å². The molecule has 0 saturated heterocycles. The molecule has 2 nitrogen and oxygen atoms in total. The normalized spacial score (nSPS) is 12.4. The van der Waals surface area contributed by atoms with Crippen molar-refractivity contribution >= 4 is 51.6 Å². The molecule has 0 radical (unpaired) electrons. The van der Waals surface area contributed by atoms with Crippen molar-refractivity contribution in [1.29, 1.82) is 0 Å². The molecule has 75 valence electrons. The summed E-state index contributed by atoms with van der Waals surface area (Å²) in [6.45, 7) is 2.02. The zero-order chi connectivity index (χ0) is 10.6. The fourth-order valence-corrected chi connectivity index (χ4v) is 1.33. The predicted molar refractivity (Wildman–Crippen MR) is 71.6 cm³/mol. The molecule has 1 aliphatic heterocycles. The molecule has 0 atom stereocenters. The Hall–Kier alpha value is 0.734. The summed E-state index contributed by atoms with van der Waals surface area (Å²) in [5.41, 5.74) is 3.28. The molecule has 1 amide bonds. The molecule has 14 heavy (non-hydrogen) atoms. The van der Waals surface area contributed by atoms with E-state index in [-0.39, 0.29) is 5.91 Å². The first-order valence-electron chi connectivity index (χ1n) is 3.99. The summed E-state index contributed by atoms with van der Waals surface area (Å²) in [7, 11) is 0.628.